The van der Waals surface area contributed by atoms with Crippen LogP contribution in [0, 0.1) is 13.0 Å². The number of phenolic OH excluding ortho intramolecular Hbond substituents is 1. The molecular weight excluding hydrogens is 754 g/mol. The monoisotopic (exact) mass is 787 g/mol. The van der Waals surface area contributed by atoms with Gasteiger partial charge in [-0.2, -0.15) is 13.2 Å². The maximum atomic E-state index is 14.0. The van der Waals surface area contributed by atoms with Crippen LogP contribution in [0.25, 0.3) is 55.6 Å². The minimum Gasteiger partial charge on any atom is -0.507 e. The zero-order chi connectivity index (χ0) is 31.6. The molecule has 0 spiro atoms. The third-order valence-electron chi connectivity index (χ3n) is 8.11. The molecule has 0 saturated carbocycles. The largest absolute Gasteiger partial charge is 0.507 e. The summed E-state index contributed by atoms with van der Waals surface area (Å²) in [5, 5.41) is 11.4. The molecule has 6 aromatic rings. The van der Waals surface area contributed by atoms with E-state index in [-0.39, 0.29) is 38.3 Å². The molecule has 234 valence electrons. The fourth-order valence-electron chi connectivity index (χ4n) is 5.77. The fourth-order valence-corrected chi connectivity index (χ4v) is 5.77. The van der Waals surface area contributed by atoms with Gasteiger partial charge in [0.15, 0.2) is 0 Å². The summed E-state index contributed by atoms with van der Waals surface area (Å²) in [5.74, 6) is 0.787. The molecule has 6 rings (SSSR count). The summed E-state index contributed by atoms with van der Waals surface area (Å²) in [4.78, 5) is 9.56. The molecule has 0 radical (unpaired) electrons. The normalized spacial score (nSPS) is 12.2. The van der Waals surface area contributed by atoms with Crippen molar-refractivity contribution in [3.63, 3.8) is 0 Å². The average Bonchev–Trinajstić information content (AvgIpc) is 3.36. The van der Waals surface area contributed by atoms with Crippen molar-refractivity contribution in [2.45, 2.75) is 59.2 Å². The Morgan fingerprint density at radius 3 is 2.13 bits per heavy atom. The Bertz CT molecular complexity index is 2060. The van der Waals surface area contributed by atoms with Crippen molar-refractivity contribution in [3.8, 4) is 39.4 Å². The van der Waals surface area contributed by atoms with E-state index in [1.54, 1.807) is 31.3 Å². The summed E-state index contributed by atoms with van der Waals surface area (Å²) in [6.45, 7) is 12.3. The van der Waals surface area contributed by atoms with E-state index < -0.39 is 11.7 Å². The van der Waals surface area contributed by atoms with Gasteiger partial charge in [0.1, 0.15) is 11.6 Å². The van der Waals surface area contributed by atoms with Gasteiger partial charge in [-0.05, 0) is 73.0 Å². The van der Waals surface area contributed by atoms with Crippen molar-refractivity contribution in [3.05, 3.63) is 102 Å². The molecule has 0 aliphatic carbocycles. The van der Waals surface area contributed by atoms with Gasteiger partial charge in [-0.1, -0.05) is 56.2 Å². The second-order valence-corrected chi connectivity index (χ2v) is 12.6. The molecule has 2 heterocycles. The summed E-state index contributed by atoms with van der Waals surface area (Å²) in [6.07, 6.45) is -2.90. The number of phenols is 1. The molecular formula is C37H33F3N3OPt-. The van der Waals surface area contributed by atoms with E-state index in [2.05, 4.69) is 50.2 Å². The van der Waals surface area contributed by atoms with Crippen LogP contribution in [0.5, 0.6) is 5.75 Å². The Morgan fingerprint density at radius 2 is 1.47 bits per heavy atom. The molecule has 0 unspecified atom stereocenters. The second kappa shape index (κ2) is 11.8. The standard InChI is InChI=1S/C37H33F3N3O.Pt/c1-21(2)43-31-12-8-11-27(34(31)42-35(43)30-18-25(36(4,5)6)13-14-32(30)44)23-9-7-10-24(17-23)29-20-26(37(38,39)40)19-28-22(3)15-16-41-33(28)29;/h7-16,18-21,44H,1-6H3;/q-1;. The Kier molecular flexibility index (Phi) is 8.47. The van der Waals surface area contributed by atoms with Crippen LogP contribution >= 0.6 is 0 Å². The van der Waals surface area contributed by atoms with Crippen LogP contribution in [0.15, 0.2) is 79.0 Å². The fraction of sp³-hybridized carbons (Fsp3) is 0.243. The summed E-state index contributed by atoms with van der Waals surface area (Å²) >= 11 is 0. The van der Waals surface area contributed by atoms with Crippen LogP contribution in [-0.2, 0) is 32.7 Å². The van der Waals surface area contributed by atoms with E-state index in [9.17, 15) is 18.3 Å². The van der Waals surface area contributed by atoms with Crippen LogP contribution < -0.4 is 0 Å². The zero-order valence-corrected chi connectivity index (χ0v) is 28.1. The molecule has 2 aromatic heterocycles. The van der Waals surface area contributed by atoms with Crippen molar-refractivity contribution in [2.24, 2.45) is 0 Å². The van der Waals surface area contributed by atoms with Crippen molar-refractivity contribution in [2.75, 3.05) is 0 Å². The molecule has 1 N–H and O–H groups in total. The molecule has 4 nitrogen and oxygen atoms in total. The number of aromatic hydroxyl groups is 1. The number of nitrogens with zero attached hydrogens (tertiary/aromatic N) is 3. The molecule has 0 aliphatic heterocycles. The van der Waals surface area contributed by atoms with Gasteiger partial charge in [0.05, 0.1) is 16.6 Å². The SMILES string of the molecule is Cc1ccnc2c(-c3[c-]c(-c4cccc5c4nc(-c4cc(C(C)(C)C)ccc4O)n5C(C)C)ccc3)cc(C(F)(F)F)cc12.[Pt]. The van der Waals surface area contributed by atoms with E-state index >= 15 is 0 Å². The first-order chi connectivity index (χ1) is 20.7. The number of alkyl halides is 3. The third kappa shape index (κ3) is 5.91. The first-order valence-corrected chi connectivity index (χ1v) is 14.6. The number of imidazole rings is 1. The van der Waals surface area contributed by atoms with Crippen LogP contribution in [-0.4, -0.2) is 19.6 Å². The van der Waals surface area contributed by atoms with Gasteiger partial charge >= 0.3 is 6.18 Å². The number of pyridine rings is 1. The molecule has 4 aromatic carbocycles. The first-order valence-electron chi connectivity index (χ1n) is 14.6. The molecule has 45 heavy (non-hydrogen) atoms. The Balaban J connectivity index is 0.00000400. The molecule has 8 heteroatoms. The first kappa shape index (κ1) is 32.4. The van der Waals surface area contributed by atoms with Crippen LogP contribution in [0.4, 0.5) is 13.2 Å². The number of hydrogen-bond donors (Lipinski definition) is 1. The summed E-state index contributed by atoms with van der Waals surface area (Å²) in [7, 11) is 0. The number of fused-ring (bicyclic) bond motifs is 2. The third-order valence-corrected chi connectivity index (χ3v) is 8.11. The van der Waals surface area contributed by atoms with Crippen molar-refractivity contribution < 1.29 is 39.3 Å². The Hall–Kier alpha value is -3.96. The second-order valence-electron chi connectivity index (χ2n) is 12.6. The van der Waals surface area contributed by atoms with E-state index in [0.717, 1.165) is 28.8 Å². The van der Waals surface area contributed by atoms with E-state index in [1.807, 2.05) is 42.5 Å². The number of rotatable bonds is 4. The Morgan fingerprint density at radius 1 is 0.800 bits per heavy atom. The average molecular weight is 788 g/mol. The number of hydrogen-bond acceptors (Lipinski definition) is 3. The summed E-state index contributed by atoms with van der Waals surface area (Å²) < 4.78 is 44.0. The summed E-state index contributed by atoms with van der Waals surface area (Å²) in [5.41, 5.74) is 6.02. The molecule has 0 fully saturated rings. The zero-order valence-electron chi connectivity index (χ0n) is 25.8. The van der Waals surface area contributed by atoms with E-state index in [1.165, 1.54) is 0 Å². The summed E-state index contributed by atoms with van der Waals surface area (Å²) in [6, 6.07) is 24.4. The van der Waals surface area contributed by atoms with Gasteiger partial charge in [0.25, 0.3) is 0 Å². The number of aryl methyl sites for hydroxylation is 1. The molecule has 0 saturated heterocycles. The van der Waals surface area contributed by atoms with Crippen molar-refractivity contribution >= 4 is 21.9 Å². The minimum absolute atomic E-state index is 0. The molecule has 0 aliphatic rings. The number of halogens is 3. The maximum absolute atomic E-state index is 14.0. The van der Waals surface area contributed by atoms with Crippen molar-refractivity contribution in [1.29, 1.82) is 0 Å². The van der Waals surface area contributed by atoms with Crippen LogP contribution in [0.2, 0.25) is 0 Å². The van der Waals surface area contributed by atoms with Gasteiger partial charge in [-0.25, -0.2) is 4.98 Å². The molecule has 0 atom stereocenters. The predicted molar refractivity (Wildman–Crippen MR) is 171 cm³/mol. The van der Waals surface area contributed by atoms with E-state index in [0.29, 0.717) is 50.1 Å². The number of para-hydroxylation sites is 1. The topological polar surface area (TPSA) is 50.9 Å². The minimum atomic E-state index is -4.51. The van der Waals surface area contributed by atoms with Crippen molar-refractivity contribution in [1.82, 2.24) is 14.5 Å². The maximum Gasteiger partial charge on any atom is 0.415 e. The van der Waals surface area contributed by atoms with Gasteiger partial charge in [-0.3, -0.25) is 4.98 Å². The number of benzene rings is 4. The van der Waals surface area contributed by atoms with Gasteiger partial charge < -0.3 is 9.67 Å². The van der Waals surface area contributed by atoms with Gasteiger partial charge in [0.2, 0.25) is 0 Å². The number of aromatic nitrogens is 3. The molecule has 0 amide bonds. The molecule has 0 bridgehead atoms. The van der Waals surface area contributed by atoms with Crippen LogP contribution in [0.3, 0.4) is 0 Å². The smallest absolute Gasteiger partial charge is 0.415 e. The predicted octanol–water partition coefficient (Wildman–Crippen LogP) is 10.3. The Labute approximate surface area is 275 Å². The quantitative estimate of drug-likeness (QED) is 0.181. The van der Waals surface area contributed by atoms with Gasteiger partial charge in [0, 0.05) is 44.4 Å². The van der Waals surface area contributed by atoms with E-state index in [4.69, 9.17) is 4.98 Å². The van der Waals surface area contributed by atoms with Gasteiger partial charge in [-0.15, -0.1) is 35.4 Å². The van der Waals surface area contributed by atoms with Crippen LogP contribution in [0.1, 0.15) is 57.4 Å².